The number of hydrogen-bond acceptors (Lipinski definition) is 2. The number of alkyl halides is 5. The third-order valence-corrected chi connectivity index (χ3v) is 0.803. The number of hydrogen-bond donors (Lipinski definition) is 2. The predicted octanol–water partition coefficient (Wildman–Crippen LogP) is 1.51. The molecule has 0 fully saturated rings. The highest BCUT2D eigenvalue weighted by molar-refractivity contribution is 6.52. The van der Waals surface area contributed by atoms with Crippen LogP contribution in [-0.4, -0.2) is 33.2 Å². The Morgan fingerprint density at radius 1 is 1.15 bits per heavy atom. The molecule has 78 valence electrons. The van der Waals surface area contributed by atoms with Gasteiger partial charge in [-0.15, -0.1) is 0 Å². The third kappa shape index (κ3) is 11.3. The quantitative estimate of drug-likeness (QED) is 0.684. The number of halogens is 5. The first-order valence-corrected chi connectivity index (χ1v) is 3.27. The van der Waals surface area contributed by atoms with Crippen molar-refractivity contribution < 1.29 is 33.0 Å². The van der Waals surface area contributed by atoms with Gasteiger partial charge < -0.3 is 10.2 Å². The van der Waals surface area contributed by atoms with Crippen molar-refractivity contribution in [3.05, 3.63) is 0 Å². The minimum atomic E-state index is -5.08. The molecule has 0 spiro atoms. The number of aliphatic carboxylic acids is 2. The van der Waals surface area contributed by atoms with Gasteiger partial charge in [-0.2, -0.15) is 13.2 Å². The zero-order valence-corrected chi connectivity index (χ0v) is 7.19. The Kier molecular flexibility index (Phi) is 6.69. The minimum Gasteiger partial charge on any atom is -0.479 e. The van der Waals surface area contributed by atoms with E-state index < -0.39 is 23.0 Å². The summed E-state index contributed by atoms with van der Waals surface area (Å²) in [6.07, 6.45) is -5.08. The monoisotopic (exact) mass is 242 g/mol. The second-order valence-corrected chi connectivity index (χ2v) is 2.54. The SMILES string of the molecule is O=C(O)C(Cl)Cl.O=C(O)C(F)(F)F. The molecular weight excluding hydrogens is 240 g/mol. The van der Waals surface area contributed by atoms with E-state index in [0.717, 1.165) is 0 Å². The molecule has 0 aromatic carbocycles. The van der Waals surface area contributed by atoms with Gasteiger partial charge in [0.1, 0.15) is 0 Å². The smallest absolute Gasteiger partial charge is 0.479 e. The molecule has 0 aliphatic rings. The van der Waals surface area contributed by atoms with Crippen LogP contribution in [0.1, 0.15) is 0 Å². The van der Waals surface area contributed by atoms with Crippen LogP contribution in [-0.2, 0) is 9.59 Å². The van der Waals surface area contributed by atoms with Gasteiger partial charge in [-0.3, -0.25) is 0 Å². The lowest BCUT2D eigenvalue weighted by Crippen LogP contribution is -2.21. The maximum atomic E-state index is 10.6. The highest BCUT2D eigenvalue weighted by Crippen LogP contribution is 2.13. The molecule has 0 aromatic heterocycles. The van der Waals surface area contributed by atoms with Crippen molar-refractivity contribution in [2.24, 2.45) is 0 Å². The van der Waals surface area contributed by atoms with Crippen LogP contribution in [0.3, 0.4) is 0 Å². The van der Waals surface area contributed by atoms with Crippen LogP contribution in [0, 0.1) is 0 Å². The Balaban J connectivity index is 0. The Hall–Kier alpha value is -0.690. The van der Waals surface area contributed by atoms with Crippen molar-refractivity contribution in [2.45, 2.75) is 11.0 Å². The molecule has 0 amide bonds. The Labute approximate surface area is 79.9 Å². The van der Waals surface area contributed by atoms with Crippen molar-refractivity contribution in [3.8, 4) is 0 Å². The first-order valence-electron chi connectivity index (χ1n) is 2.40. The van der Waals surface area contributed by atoms with E-state index in [1.807, 2.05) is 0 Å². The van der Waals surface area contributed by atoms with Gasteiger partial charge >= 0.3 is 18.1 Å². The van der Waals surface area contributed by atoms with Gasteiger partial charge in [0.25, 0.3) is 0 Å². The maximum Gasteiger partial charge on any atom is 0.490 e. The van der Waals surface area contributed by atoms with E-state index in [1.165, 1.54) is 0 Å². The van der Waals surface area contributed by atoms with Crippen molar-refractivity contribution >= 4 is 35.1 Å². The van der Waals surface area contributed by atoms with E-state index in [4.69, 9.17) is 38.2 Å². The van der Waals surface area contributed by atoms with Crippen molar-refractivity contribution in [3.63, 3.8) is 0 Å². The topological polar surface area (TPSA) is 74.6 Å². The maximum absolute atomic E-state index is 10.6. The van der Waals surface area contributed by atoms with E-state index in [1.54, 1.807) is 0 Å². The Bertz CT molecular complexity index is 190. The van der Waals surface area contributed by atoms with Gasteiger partial charge in [-0.1, -0.05) is 23.2 Å². The van der Waals surface area contributed by atoms with Crippen LogP contribution in [0.5, 0.6) is 0 Å². The standard InChI is InChI=1S/C2H2Cl2O2.C2HF3O2/c3-1(4)2(5)6;3-2(4,5)1(6)7/h1H,(H,5,6);(H,6,7). The molecule has 0 bridgehead atoms. The summed E-state index contributed by atoms with van der Waals surface area (Å²) in [5.41, 5.74) is 0. The largest absolute Gasteiger partial charge is 0.490 e. The molecule has 9 heteroatoms. The normalized spacial score (nSPS) is 10.3. The van der Waals surface area contributed by atoms with Gasteiger partial charge in [-0.05, 0) is 0 Å². The highest BCUT2D eigenvalue weighted by Gasteiger charge is 2.38. The number of rotatable bonds is 1. The average molecular weight is 243 g/mol. The molecule has 0 atom stereocenters. The van der Waals surface area contributed by atoms with Crippen LogP contribution >= 0.6 is 23.2 Å². The molecule has 13 heavy (non-hydrogen) atoms. The van der Waals surface area contributed by atoms with Crippen LogP contribution in [0.25, 0.3) is 0 Å². The lowest BCUT2D eigenvalue weighted by atomic mass is 10.7. The molecule has 0 rings (SSSR count). The number of carboxylic acids is 2. The van der Waals surface area contributed by atoms with E-state index in [2.05, 4.69) is 0 Å². The molecule has 0 aromatic rings. The van der Waals surface area contributed by atoms with E-state index >= 15 is 0 Å². The molecule has 4 nitrogen and oxygen atoms in total. The Morgan fingerprint density at radius 3 is 1.31 bits per heavy atom. The van der Waals surface area contributed by atoms with E-state index in [9.17, 15) is 18.0 Å². The summed E-state index contributed by atoms with van der Waals surface area (Å²) >= 11 is 9.56. The average Bonchev–Trinajstić information content (AvgIpc) is 1.86. The molecule has 0 aliphatic carbocycles. The predicted molar refractivity (Wildman–Crippen MR) is 36.8 cm³/mol. The molecule has 0 saturated carbocycles. The second kappa shape index (κ2) is 5.87. The zero-order chi connectivity index (χ0) is 11.2. The highest BCUT2D eigenvalue weighted by atomic mass is 35.5. The van der Waals surface area contributed by atoms with Crippen LogP contribution in [0.2, 0.25) is 0 Å². The fourth-order valence-corrected chi connectivity index (χ4v) is 0. The summed E-state index contributed by atoms with van der Waals surface area (Å²) < 4.78 is 31.7. The summed E-state index contributed by atoms with van der Waals surface area (Å²) in [5.74, 6) is -3.97. The number of carbonyl (C=O) groups is 2. The molecule has 0 heterocycles. The molecule has 0 aliphatic heterocycles. The molecular formula is C4H3Cl2F3O4. The molecule has 0 saturated heterocycles. The van der Waals surface area contributed by atoms with Gasteiger partial charge in [0.15, 0.2) is 0 Å². The van der Waals surface area contributed by atoms with Crippen LogP contribution in [0.15, 0.2) is 0 Å². The summed E-state index contributed by atoms with van der Waals surface area (Å²) in [7, 11) is 0. The molecule has 0 unspecified atom stereocenters. The van der Waals surface area contributed by atoms with Gasteiger partial charge in [-0.25, -0.2) is 9.59 Å². The minimum absolute atomic E-state index is 1.21. The Morgan fingerprint density at radius 2 is 1.31 bits per heavy atom. The van der Waals surface area contributed by atoms with Crippen molar-refractivity contribution in [1.82, 2.24) is 0 Å². The second-order valence-electron chi connectivity index (χ2n) is 1.44. The van der Waals surface area contributed by atoms with Crippen LogP contribution < -0.4 is 0 Å². The lowest BCUT2D eigenvalue weighted by molar-refractivity contribution is -0.192. The molecule has 0 radical (unpaired) electrons. The number of carboxylic acid groups (broad SMARTS) is 2. The summed E-state index contributed by atoms with van der Waals surface area (Å²) in [6, 6.07) is 0. The summed E-state index contributed by atoms with van der Waals surface area (Å²) in [6.45, 7) is 0. The van der Waals surface area contributed by atoms with Crippen molar-refractivity contribution in [1.29, 1.82) is 0 Å². The van der Waals surface area contributed by atoms with Gasteiger partial charge in [0, 0.05) is 0 Å². The molecule has 2 N–H and O–H groups in total. The van der Waals surface area contributed by atoms with E-state index in [0.29, 0.717) is 0 Å². The lowest BCUT2D eigenvalue weighted by Gasteiger charge is -1.93. The third-order valence-electron chi connectivity index (χ3n) is 0.429. The first-order chi connectivity index (χ1) is 5.59. The van der Waals surface area contributed by atoms with Crippen LogP contribution in [0.4, 0.5) is 13.2 Å². The fourth-order valence-electron chi connectivity index (χ4n) is 0. The fraction of sp³-hybridized carbons (Fsp3) is 0.500. The summed E-state index contributed by atoms with van der Waals surface area (Å²) in [5, 5.41) is 14.9. The van der Waals surface area contributed by atoms with Crippen molar-refractivity contribution in [2.75, 3.05) is 0 Å². The zero-order valence-electron chi connectivity index (χ0n) is 5.68. The first kappa shape index (κ1) is 14.8. The summed E-state index contributed by atoms with van der Waals surface area (Å²) in [4.78, 5) is 17.0. The van der Waals surface area contributed by atoms with E-state index in [-0.39, 0.29) is 0 Å². The van der Waals surface area contributed by atoms with Gasteiger partial charge in [0.05, 0.1) is 0 Å². The van der Waals surface area contributed by atoms with Gasteiger partial charge in [0.2, 0.25) is 4.84 Å².